The number of hydrogen-bond acceptors (Lipinski definition) is 7. The summed E-state index contributed by atoms with van der Waals surface area (Å²) >= 11 is 6.65. The van der Waals surface area contributed by atoms with Crippen molar-refractivity contribution in [1.82, 2.24) is 39.6 Å². The molecule has 6 aromatic rings. The third kappa shape index (κ3) is 7.39. The summed E-state index contributed by atoms with van der Waals surface area (Å²) in [5, 5.41) is 15.8. The smallest absolute Gasteiger partial charge is 0.293 e. The number of amides is 1. The van der Waals surface area contributed by atoms with E-state index in [1.165, 1.54) is 10.7 Å². The lowest BCUT2D eigenvalue weighted by Crippen LogP contribution is -2.36. The van der Waals surface area contributed by atoms with Gasteiger partial charge >= 0.3 is 0 Å². The molecule has 20 heteroatoms. The average Bonchev–Trinajstić information content (AvgIpc) is 3.86. The molecule has 1 saturated carbocycles. The van der Waals surface area contributed by atoms with Crippen molar-refractivity contribution in [2.45, 2.75) is 76.4 Å². The van der Waals surface area contributed by atoms with Gasteiger partial charge in [0.15, 0.2) is 5.82 Å². The minimum Gasteiger partial charge on any atom is -0.346 e. The molecule has 2 aliphatic carbocycles. The van der Waals surface area contributed by atoms with Crippen molar-refractivity contribution in [3.8, 4) is 22.4 Å². The standard InChI is InChI=1S/C40H38ClF6N9O3S/c1-39(2,3)56-17-20(16-48-56)28-11-8-23(24-7-10-27(41)32-35(24)54(4)52-38(32)53-60(5,58)59)33(50-28)29(14-19-12-21(42)15-22(43)13-19)49-30(57)18-55-36-31(34(51-55)37(44)45)25-6-9-26(25)40(36,46)47/h7-8,10-13,15-17,25-26,29,37H,6,9,14,18H2,1-5H3,(H,49,57)(H,52,53). The van der Waals surface area contributed by atoms with Crippen LogP contribution in [0.3, 0.4) is 0 Å². The number of carbonyl (C=O) groups excluding carboxylic acids is 1. The summed E-state index contributed by atoms with van der Waals surface area (Å²) in [6.45, 7) is 4.95. The van der Waals surface area contributed by atoms with E-state index < -0.39 is 81.3 Å². The monoisotopic (exact) mass is 873 g/mol. The molecule has 2 aliphatic rings. The Kier molecular flexibility index (Phi) is 10.1. The molecule has 0 bridgehead atoms. The van der Waals surface area contributed by atoms with Crippen molar-refractivity contribution >= 4 is 44.3 Å². The topological polar surface area (TPSA) is 142 Å². The molecule has 4 heterocycles. The quantitative estimate of drug-likeness (QED) is 0.125. The van der Waals surface area contributed by atoms with Gasteiger partial charge in [-0.3, -0.25) is 23.6 Å². The average molecular weight is 874 g/mol. The molecule has 8 rings (SSSR count). The van der Waals surface area contributed by atoms with Gasteiger partial charge in [0.05, 0.1) is 51.3 Å². The van der Waals surface area contributed by atoms with Crippen LogP contribution in [0.5, 0.6) is 0 Å². The fourth-order valence-electron chi connectivity index (χ4n) is 8.29. The number of aromatic nitrogens is 7. The molecular weight excluding hydrogens is 836 g/mol. The lowest BCUT2D eigenvalue weighted by atomic mass is 9.73. The van der Waals surface area contributed by atoms with Crippen LogP contribution in [0.25, 0.3) is 33.3 Å². The molecule has 316 valence electrons. The van der Waals surface area contributed by atoms with E-state index in [0.29, 0.717) is 38.6 Å². The Hall–Kier alpha value is -5.43. The van der Waals surface area contributed by atoms with E-state index in [1.54, 1.807) is 42.3 Å². The highest BCUT2D eigenvalue weighted by Gasteiger charge is 2.62. The molecule has 12 nitrogen and oxygen atoms in total. The van der Waals surface area contributed by atoms with Crippen molar-refractivity contribution < 1.29 is 39.6 Å². The van der Waals surface area contributed by atoms with Crippen LogP contribution in [-0.2, 0) is 46.3 Å². The number of nitrogens with one attached hydrogen (secondary N) is 2. The van der Waals surface area contributed by atoms with E-state index >= 15 is 8.78 Å². The summed E-state index contributed by atoms with van der Waals surface area (Å²) in [4.78, 5) is 19.2. The van der Waals surface area contributed by atoms with Crippen LogP contribution < -0.4 is 10.0 Å². The van der Waals surface area contributed by atoms with Gasteiger partial charge in [-0.1, -0.05) is 23.7 Å². The summed E-state index contributed by atoms with van der Waals surface area (Å²) < 4.78 is 120. The predicted octanol–water partition coefficient (Wildman–Crippen LogP) is 8.39. The normalized spacial score (nSPS) is 17.8. The van der Waals surface area contributed by atoms with E-state index in [0.717, 1.165) is 18.4 Å². The van der Waals surface area contributed by atoms with Crippen LogP contribution in [-0.4, -0.2) is 54.9 Å². The molecule has 0 aliphatic heterocycles. The molecule has 2 N–H and O–H groups in total. The largest absolute Gasteiger partial charge is 0.346 e. The van der Waals surface area contributed by atoms with Crippen molar-refractivity contribution in [3.63, 3.8) is 0 Å². The zero-order valence-electron chi connectivity index (χ0n) is 32.7. The van der Waals surface area contributed by atoms with Gasteiger partial charge in [-0.2, -0.15) is 24.1 Å². The number of carbonyl (C=O) groups is 1. The number of anilines is 1. The van der Waals surface area contributed by atoms with Gasteiger partial charge in [0.25, 0.3) is 12.3 Å². The fraction of sp³-hybridized carbons (Fsp3) is 0.375. The maximum absolute atomic E-state index is 15.7. The van der Waals surface area contributed by atoms with Gasteiger partial charge in [0.2, 0.25) is 15.9 Å². The molecule has 3 unspecified atom stereocenters. The van der Waals surface area contributed by atoms with Crippen LogP contribution >= 0.6 is 11.6 Å². The number of aryl methyl sites for hydroxylation is 1. The summed E-state index contributed by atoms with van der Waals surface area (Å²) in [6.07, 6.45) is 1.26. The predicted molar refractivity (Wildman–Crippen MR) is 211 cm³/mol. The van der Waals surface area contributed by atoms with E-state index in [9.17, 15) is 30.8 Å². The van der Waals surface area contributed by atoms with Gasteiger partial charge in [-0.25, -0.2) is 31.0 Å². The number of benzene rings is 2. The molecule has 0 saturated heterocycles. The minimum atomic E-state index is -3.82. The molecule has 1 amide bonds. The zero-order valence-corrected chi connectivity index (χ0v) is 34.3. The number of alkyl halides is 4. The van der Waals surface area contributed by atoms with E-state index in [4.69, 9.17) is 16.6 Å². The second-order valence-corrected chi connectivity index (χ2v) is 18.4. The fourth-order valence-corrected chi connectivity index (χ4v) is 9.03. The Morgan fingerprint density at radius 3 is 2.33 bits per heavy atom. The Morgan fingerprint density at radius 1 is 1.02 bits per heavy atom. The van der Waals surface area contributed by atoms with Crippen molar-refractivity contribution in [2.75, 3.05) is 11.0 Å². The lowest BCUT2D eigenvalue weighted by molar-refractivity contribution is -0.123. The number of sulfonamides is 1. The van der Waals surface area contributed by atoms with Gasteiger partial charge < -0.3 is 5.32 Å². The first-order valence-electron chi connectivity index (χ1n) is 18.8. The first kappa shape index (κ1) is 41.3. The number of fused-ring (bicyclic) bond motifs is 4. The lowest BCUT2D eigenvalue weighted by Gasteiger charge is -2.34. The van der Waals surface area contributed by atoms with E-state index in [2.05, 4.69) is 25.3 Å². The highest BCUT2D eigenvalue weighted by molar-refractivity contribution is 7.92. The molecule has 1 fully saturated rings. The molecule has 0 radical (unpaired) electrons. The van der Waals surface area contributed by atoms with Crippen molar-refractivity contribution in [1.29, 1.82) is 0 Å². The molecule has 4 aromatic heterocycles. The Morgan fingerprint density at radius 2 is 1.72 bits per heavy atom. The second kappa shape index (κ2) is 14.6. The highest BCUT2D eigenvalue weighted by Crippen LogP contribution is 2.63. The SMILES string of the molecule is Cn1nc(NS(C)(=O)=O)c2c(Cl)ccc(-c3ccc(-c4cnn(C(C)(C)C)c4)nc3C(Cc3cc(F)cc(F)c3)NC(=O)Cn3nc(C(F)F)c4c3C(F)(F)C3CCC43)c21. The van der Waals surface area contributed by atoms with Crippen LogP contribution in [0.1, 0.15) is 80.2 Å². The van der Waals surface area contributed by atoms with Gasteiger partial charge in [-0.15, -0.1) is 0 Å². The number of nitrogens with zero attached hydrogens (tertiary/aromatic N) is 7. The van der Waals surface area contributed by atoms with Crippen LogP contribution in [0.4, 0.5) is 32.2 Å². The number of hydrogen-bond donors (Lipinski definition) is 2. The zero-order chi connectivity index (χ0) is 43.2. The van der Waals surface area contributed by atoms with Crippen molar-refractivity contribution in [2.24, 2.45) is 13.0 Å². The third-order valence-corrected chi connectivity index (χ3v) is 11.9. The summed E-state index contributed by atoms with van der Waals surface area (Å²) in [5.74, 6) is -8.31. The number of pyridine rings is 1. The summed E-state index contributed by atoms with van der Waals surface area (Å²) in [7, 11) is -2.26. The first-order valence-corrected chi connectivity index (χ1v) is 21.1. The number of rotatable bonds is 11. The maximum atomic E-state index is 15.7. The molecular formula is C40H38ClF6N9O3S. The van der Waals surface area contributed by atoms with Crippen molar-refractivity contribution in [3.05, 3.63) is 99.7 Å². The van der Waals surface area contributed by atoms with Gasteiger partial charge in [0, 0.05) is 47.5 Å². The second-order valence-electron chi connectivity index (χ2n) is 16.3. The first-order chi connectivity index (χ1) is 28.1. The number of halogens is 7. The Balaban J connectivity index is 1.30. The van der Waals surface area contributed by atoms with E-state index in [1.807, 2.05) is 20.8 Å². The van der Waals surface area contributed by atoms with E-state index in [-0.39, 0.29) is 52.3 Å². The Labute approximate surface area is 345 Å². The molecule has 0 spiro atoms. The molecule has 2 aromatic carbocycles. The molecule has 60 heavy (non-hydrogen) atoms. The van der Waals surface area contributed by atoms with Crippen LogP contribution in [0.15, 0.2) is 54.9 Å². The highest BCUT2D eigenvalue weighted by atomic mass is 35.5. The van der Waals surface area contributed by atoms with Crippen LogP contribution in [0.2, 0.25) is 5.02 Å². The minimum absolute atomic E-state index is 0.0668. The summed E-state index contributed by atoms with van der Waals surface area (Å²) in [6, 6.07) is 8.05. The molecule has 3 atom stereocenters. The van der Waals surface area contributed by atoms with Crippen LogP contribution in [0, 0.1) is 17.6 Å². The summed E-state index contributed by atoms with van der Waals surface area (Å²) in [5.41, 5.74) is 0.0456. The van der Waals surface area contributed by atoms with Gasteiger partial charge in [0.1, 0.15) is 29.6 Å². The van der Waals surface area contributed by atoms with Gasteiger partial charge in [-0.05, 0) is 75.8 Å². The Bertz CT molecular complexity index is 2800. The third-order valence-electron chi connectivity index (χ3n) is 11.0. The maximum Gasteiger partial charge on any atom is 0.293 e.